The third kappa shape index (κ3) is 8.19. The number of nitrogens with zero attached hydrogens (tertiary/aromatic N) is 3. The Balaban J connectivity index is 1.95. The zero-order chi connectivity index (χ0) is 23.1. The zero-order valence-corrected chi connectivity index (χ0v) is 21.4. The van der Waals surface area contributed by atoms with E-state index in [1.165, 1.54) is 31.0 Å². The second kappa shape index (κ2) is 10.9. The maximum atomic E-state index is 12.8. The van der Waals surface area contributed by atoms with E-state index < -0.39 is 5.41 Å². The summed E-state index contributed by atoms with van der Waals surface area (Å²) in [5.41, 5.74) is 1.57. The van der Waals surface area contributed by atoms with Crippen LogP contribution in [0.2, 0.25) is 0 Å². The van der Waals surface area contributed by atoms with Crippen LogP contribution < -0.4 is 4.74 Å². The summed E-state index contributed by atoms with van der Waals surface area (Å²) < 4.78 is 21.3. The van der Waals surface area contributed by atoms with E-state index in [0.717, 1.165) is 43.6 Å². The molecule has 6 nitrogen and oxygen atoms in total. The van der Waals surface area contributed by atoms with Crippen molar-refractivity contribution < 1.29 is 18.8 Å². The van der Waals surface area contributed by atoms with Gasteiger partial charge in [-0.2, -0.15) is 4.37 Å². The lowest BCUT2D eigenvalue weighted by Crippen LogP contribution is -2.50. The number of quaternary nitrogens is 1. The topological polar surface area (TPSA) is 61.3 Å². The number of hydrogen-bond acceptors (Lipinski definition) is 6. The molecular weight excluding hydrogens is 410 g/mol. The highest BCUT2D eigenvalue weighted by Gasteiger charge is 2.37. The normalized spacial score (nSPS) is 19.8. The van der Waals surface area contributed by atoms with Gasteiger partial charge < -0.3 is 9.47 Å². The standard InChI is InChI=1S/C24H42N3O3S/c1-8-9-10-11-15-29-21-20(25-31-26-21)19-13-12-14-27(7,16-19)18-30-22(28)24(5,6)17-23(2,3)4/h13H,8-12,14-18H2,1-7H3/q+1. The Kier molecular flexibility index (Phi) is 9.07. The van der Waals surface area contributed by atoms with Crippen LogP contribution in [0, 0.1) is 10.8 Å². The van der Waals surface area contributed by atoms with Crippen molar-refractivity contribution in [3.05, 3.63) is 11.8 Å². The first kappa shape index (κ1) is 25.8. The van der Waals surface area contributed by atoms with Gasteiger partial charge in [0.25, 0.3) is 5.88 Å². The number of unbranched alkanes of at least 4 members (excludes halogenated alkanes) is 3. The molecule has 0 aliphatic carbocycles. The number of esters is 1. The van der Waals surface area contributed by atoms with E-state index in [9.17, 15) is 4.79 Å². The maximum absolute atomic E-state index is 12.8. The molecule has 1 aromatic heterocycles. The van der Waals surface area contributed by atoms with Gasteiger partial charge in [0, 0.05) is 12.0 Å². The second-order valence-corrected chi connectivity index (χ2v) is 11.6. The molecule has 0 saturated carbocycles. The first-order valence-electron chi connectivity index (χ1n) is 11.6. The Morgan fingerprint density at radius 3 is 2.58 bits per heavy atom. The molecule has 0 N–H and O–H groups in total. The van der Waals surface area contributed by atoms with E-state index in [4.69, 9.17) is 9.47 Å². The summed E-state index contributed by atoms with van der Waals surface area (Å²) in [6.07, 6.45) is 8.60. The summed E-state index contributed by atoms with van der Waals surface area (Å²) in [5.74, 6) is 0.522. The fourth-order valence-electron chi connectivity index (χ4n) is 4.36. The lowest BCUT2D eigenvalue weighted by atomic mass is 9.76. The Morgan fingerprint density at radius 1 is 1.16 bits per heavy atom. The summed E-state index contributed by atoms with van der Waals surface area (Å²) in [6.45, 7) is 15.4. The van der Waals surface area contributed by atoms with Gasteiger partial charge in [-0.3, -0.25) is 9.28 Å². The molecule has 0 bridgehead atoms. The van der Waals surface area contributed by atoms with Gasteiger partial charge in [0.2, 0.25) is 6.73 Å². The maximum Gasteiger partial charge on any atom is 0.315 e. The Bertz CT molecular complexity index is 751. The Morgan fingerprint density at radius 2 is 1.90 bits per heavy atom. The van der Waals surface area contributed by atoms with Crippen molar-refractivity contribution >= 4 is 23.3 Å². The number of aromatic nitrogens is 2. The second-order valence-electron chi connectivity index (χ2n) is 11.0. The number of carbonyl (C=O) groups is 1. The summed E-state index contributed by atoms with van der Waals surface area (Å²) in [6, 6.07) is 0. The number of ether oxygens (including phenoxy) is 2. The van der Waals surface area contributed by atoms with E-state index in [1.807, 2.05) is 13.8 Å². The molecule has 1 aliphatic rings. The number of carbonyl (C=O) groups excluding carboxylic acids is 1. The van der Waals surface area contributed by atoms with Crippen molar-refractivity contribution in [3.63, 3.8) is 0 Å². The molecule has 1 aliphatic heterocycles. The summed E-state index contributed by atoms with van der Waals surface area (Å²) >= 11 is 1.20. The van der Waals surface area contributed by atoms with E-state index >= 15 is 0 Å². The smallest absolute Gasteiger partial charge is 0.315 e. The van der Waals surface area contributed by atoms with Crippen LogP contribution in [0.3, 0.4) is 0 Å². The molecule has 7 heteroatoms. The molecule has 2 heterocycles. The summed E-state index contributed by atoms with van der Waals surface area (Å²) in [7, 11) is 2.14. The van der Waals surface area contributed by atoms with Gasteiger partial charge in [-0.1, -0.05) is 53.0 Å². The van der Waals surface area contributed by atoms with Crippen LogP contribution in [0.25, 0.3) is 5.57 Å². The Hall–Kier alpha value is -1.47. The van der Waals surface area contributed by atoms with Gasteiger partial charge in [0.15, 0.2) is 0 Å². The first-order valence-corrected chi connectivity index (χ1v) is 12.3. The molecule has 0 fully saturated rings. The average molecular weight is 453 g/mol. The largest absolute Gasteiger partial charge is 0.475 e. The molecule has 2 rings (SSSR count). The molecular formula is C24H42N3O3S+. The van der Waals surface area contributed by atoms with Gasteiger partial charge in [0.1, 0.15) is 12.2 Å². The fraction of sp³-hybridized carbons (Fsp3) is 0.792. The van der Waals surface area contributed by atoms with Crippen molar-refractivity contribution in [1.82, 2.24) is 8.75 Å². The lowest BCUT2D eigenvalue weighted by Gasteiger charge is -2.38. The van der Waals surface area contributed by atoms with E-state index in [-0.39, 0.29) is 11.4 Å². The van der Waals surface area contributed by atoms with Crippen molar-refractivity contribution in [3.8, 4) is 5.88 Å². The van der Waals surface area contributed by atoms with Crippen LogP contribution in [0.4, 0.5) is 0 Å². The number of hydrogen-bond donors (Lipinski definition) is 0. The van der Waals surface area contributed by atoms with Crippen LogP contribution in [0.5, 0.6) is 5.88 Å². The third-order valence-corrected chi connectivity index (χ3v) is 6.15. The van der Waals surface area contributed by atoms with E-state index in [1.54, 1.807) is 0 Å². The molecule has 0 radical (unpaired) electrons. The van der Waals surface area contributed by atoms with Gasteiger partial charge >= 0.3 is 5.97 Å². The minimum Gasteiger partial charge on any atom is -0.475 e. The van der Waals surface area contributed by atoms with Crippen molar-refractivity contribution in [1.29, 1.82) is 0 Å². The van der Waals surface area contributed by atoms with Crippen LogP contribution in [-0.2, 0) is 9.53 Å². The van der Waals surface area contributed by atoms with Gasteiger partial charge in [-0.25, -0.2) is 0 Å². The molecule has 1 unspecified atom stereocenters. The molecule has 0 saturated heterocycles. The van der Waals surface area contributed by atoms with Crippen LogP contribution in [0.1, 0.15) is 85.8 Å². The average Bonchev–Trinajstić information content (AvgIpc) is 3.13. The van der Waals surface area contributed by atoms with Gasteiger partial charge in [0.05, 0.1) is 37.3 Å². The highest BCUT2D eigenvalue weighted by molar-refractivity contribution is 6.99. The van der Waals surface area contributed by atoms with Crippen molar-refractivity contribution in [2.75, 3.05) is 33.5 Å². The van der Waals surface area contributed by atoms with Crippen LogP contribution >= 0.6 is 11.7 Å². The minimum absolute atomic E-state index is 0.0760. The van der Waals surface area contributed by atoms with Gasteiger partial charge in [-0.15, -0.1) is 4.37 Å². The molecule has 176 valence electrons. The van der Waals surface area contributed by atoms with E-state index in [2.05, 4.69) is 49.6 Å². The van der Waals surface area contributed by atoms with Crippen molar-refractivity contribution in [2.45, 2.75) is 80.1 Å². The van der Waals surface area contributed by atoms with E-state index in [0.29, 0.717) is 23.7 Å². The third-order valence-electron chi connectivity index (χ3n) is 5.64. The highest BCUT2D eigenvalue weighted by atomic mass is 32.1. The lowest BCUT2D eigenvalue weighted by molar-refractivity contribution is -0.919. The zero-order valence-electron chi connectivity index (χ0n) is 20.6. The highest BCUT2D eigenvalue weighted by Crippen LogP contribution is 2.35. The summed E-state index contributed by atoms with van der Waals surface area (Å²) in [4.78, 5) is 12.8. The van der Waals surface area contributed by atoms with Gasteiger partial charge in [-0.05, 0) is 32.1 Å². The fourth-order valence-corrected chi connectivity index (χ4v) is 4.90. The van der Waals surface area contributed by atoms with Crippen LogP contribution in [0.15, 0.2) is 6.08 Å². The molecule has 0 spiro atoms. The molecule has 0 aromatic carbocycles. The molecule has 31 heavy (non-hydrogen) atoms. The predicted molar refractivity (Wildman–Crippen MR) is 127 cm³/mol. The molecule has 1 aromatic rings. The number of likely N-dealkylation sites (N-methyl/N-ethyl adjacent to an activating group) is 1. The quantitative estimate of drug-likeness (QED) is 0.245. The molecule has 1 atom stereocenters. The minimum atomic E-state index is -0.497. The predicted octanol–water partition coefficient (Wildman–Crippen LogP) is 5.69. The van der Waals surface area contributed by atoms with Crippen LogP contribution in [-0.4, -0.2) is 52.7 Å². The molecule has 0 amide bonds. The monoisotopic (exact) mass is 452 g/mol. The first-order chi connectivity index (χ1) is 14.5. The SMILES string of the molecule is CCCCCCOc1nsnc1C1=CCC[N+](C)(COC(=O)C(C)(C)CC(C)(C)C)C1. The summed E-state index contributed by atoms with van der Waals surface area (Å²) in [5, 5.41) is 0. The van der Waals surface area contributed by atoms with Crippen molar-refractivity contribution in [2.24, 2.45) is 10.8 Å². The Labute approximate surface area is 192 Å². The number of rotatable bonds is 11.